The summed E-state index contributed by atoms with van der Waals surface area (Å²) in [6, 6.07) is 8.71. The van der Waals surface area contributed by atoms with E-state index in [1.54, 1.807) is 34.6 Å². The molecule has 0 spiro atoms. The number of piperidine rings is 1. The molecule has 1 atom stereocenters. The number of hydrogen-bond acceptors (Lipinski definition) is 4. The van der Waals surface area contributed by atoms with Gasteiger partial charge in [0.05, 0.1) is 10.6 Å². The van der Waals surface area contributed by atoms with Crippen molar-refractivity contribution in [1.82, 2.24) is 14.5 Å². The third kappa shape index (κ3) is 3.88. The Hall–Kier alpha value is -1.99. The highest BCUT2D eigenvalue weighted by Gasteiger charge is 2.32. The number of benzene rings is 1. The van der Waals surface area contributed by atoms with Crippen LogP contribution in [0.1, 0.15) is 49.4 Å². The van der Waals surface area contributed by atoms with E-state index in [0.29, 0.717) is 23.4 Å². The number of hydrogen-bond donors (Lipinski definition) is 1. The number of aromatic nitrogens is 2. The number of nitrogens with one attached hydrogen (secondary N) is 1. The summed E-state index contributed by atoms with van der Waals surface area (Å²) in [6.45, 7) is 4.45. The lowest BCUT2D eigenvalue weighted by atomic mass is 10.0. The Kier molecular flexibility index (Phi) is 5.58. The number of sulfonamides is 1. The van der Waals surface area contributed by atoms with Gasteiger partial charge < -0.3 is 0 Å². The van der Waals surface area contributed by atoms with Gasteiger partial charge in [0.25, 0.3) is 5.56 Å². The Morgan fingerprint density at radius 1 is 1.23 bits per heavy atom. The lowest BCUT2D eigenvalue weighted by Gasteiger charge is -2.34. The monoisotopic (exact) mass is 375 g/mol. The SMILES string of the molecule is CCC1CCCCN1S(=O)(=O)c1ccc(Cc2cc(C)n[nH]c2=O)cc1. The molecule has 6 nitrogen and oxygen atoms in total. The molecule has 0 aliphatic carbocycles. The van der Waals surface area contributed by atoms with E-state index in [4.69, 9.17) is 0 Å². The molecule has 2 heterocycles. The maximum atomic E-state index is 13.0. The van der Waals surface area contributed by atoms with E-state index in [0.717, 1.165) is 36.9 Å². The Balaban J connectivity index is 1.82. The second kappa shape index (κ2) is 7.72. The van der Waals surface area contributed by atoms with E-state index in [1.807, 2.05) is 13.8 Å². The largest absolute Gasteiger partial charge is 0.268 e. The van der Waals surface area contributed by atoms with Gasteiger partial charge in [-0.1, -0.05) is 25.5 Å². The van der Waals surface area contributed by atoms with Crippen LogP contribution in [0.4, 0.5) is 0 Å². The van der Waals surface area contributed by atoms with Crippen LogP contribution in [0, 0.1) is 6.92 Å². The van der Waals surface area contributed by atoms with E-state index in [1.165, 1.54) is 0 Å². The van der Waals surface area contributed by atoms with Crippen LogP contribution in [0.2, 0.25) is 0 Å². The number of rotatable bonds is 5. The fourth-order valence-corrected chi connectivity index (χ4v) is 5.29. The number of H-pyrrole nitrogens is 1. The quantitative estimate of drug-likeness (QED) is 0.871. The van der Waals surface area contributed by atoms with Crippen molar-refractivity contribution in [3.63, 3.8) is 0 Å². The third-order valence-corrected chi connectivity index (χ3v) is 6.94. The highest BCUT2D eigenvalue weighted by molar-refractivity contribution is 7.89. The Morgan fingerprint density at radius 3 is 2.65 bits per heavy atom. The number of aromatic amines is 1. The predicted molar refractivity (Wildman–Crippen MR) is 101 cm³/mol. The number of nitrogens with zero attached hydrogens (tertiary/aromatic N) is 2. The van der Waals surface area contributed by atoms with E-state index in [9.17, 15) is 13.2 Å². The van der Waals surface area contributed by atoms with Gasteiger partial charge in [0.15, 0.2) is 0 Å². The zero-order chi connectivity index (χ0) is 18.7. The predicted octanol–water partition coefficient (Wildman–Crippen LogP) is 2.62. The Morgan fingerprint density at radius 2 is 1.96 bits per heavy atom. The van der Waals surface area contributed by atoms with Crippen molar-refractivity contribution in [3.05, 3.63) is 57.5 Å². The maximum absolute atomic E-state index is 13.0. The molecule has 7 heteroatoms. The zero-order valence-electron chi connectivity index (χ0n) is 15.2. The molecule has 1 aliphatic heterocycles. The average molecular weight is 375 g/mol. The van der Waals surface area contributed by atoms with Gasteiger partial charge in [-0.05, 0) is 49.9 Å². The van der Waals surface area contributed by atoms with Gasteiger partial charge in [-0.2, -0.15) is 9.40 Å². The van der Waals surface area contributed by atoms with Gasteiger partial charge in [0.1, 0.15) is 0 Å². The molecule has 1 unspecified atom stereocenters. The third-order valence-electron chi connectivity index (χ3n) is 4.98. The van der Waals surface area contributed by atoms with Gasteiger partial charge in [-0.15, -0.1) is 0 Å². The van der Waals surface area contributed by atoms with Crippen LogP contribution in [0.15, 0.2) is 40.0 Å². The molecule has 1 saturated heterocycles. The lowest BCUT2D eigenvalue weighted by Crippen LogP contribution is -2.43. The summed E-state index contributed by atoms with van der Waals surface area (Å²) in [4.78, 5) is 12.2. The fourth-order valence-electron chi connectivity index (χ4n) is 3.52. The van der Waals surface area contributed by atoms with Crippen molar-refractivity contribution in [2.45, 2.75) is 56.9 Å². The fraction of sp³-hybridized carbons (Fsp3) is 0.474. The van der Waals surface area contributed by atoms with Crippen LogP contribution in [0.3, 0.4) is 0 Å². The molecule has 2 aromatic rings. The van der Waals surface area contributed by atoms with Crippen molar-refractivity contribution in [2.75, 3.05) is 6.54 Å². The smallest absolute Gasteiger partial charge is 0.267 e. The summed E-state index contributed by atoms with van der Waals surface area (Å²) in [5, 5.41) is 6.34. The maximum Gasteiger partial charge on any atom is 0.267 e. The second-order valence-corrected chi connectivity index (χ2v) is 8.75. The Labute approximate surface area is 154 Å². The van der Waals surface area contributed by atoms with Crippen LogP contribution in [-0.2, 0) is 16.4 Å². The van der Waals surface area contributed by atoms with E-state index in [-0.39, 0.29) is 11.6 Å². The van der Waals surface area contributed by atoms with Crippen molar-refractivity contribution >= 4 is 10.0 Å². The first-order valence-electron chi connectivity index (χ1n) is 9.08. The van der Waals surface area contributed by atoms with E-state index >= 15 is 0 Å². The minimum absolute atomic E-state index is 0.0896. The normalized spacial score (nSPS) is 18.8. The summed E-state index contributed by atoms with van der Waals surface area (Å²) < 4.78 is 27.6. The molecule has 0 bridgehead atoms. The first kappa shape index (κ1) is 18.8. The molecular formula is C19H25N3O3S. The van der Waals surface area contributed by atoms with Crippen LogP contribution in [-0.4, -0.2) is 35.5 Å². The average Bonchev–Trinajstić information content (AvgIpc) is 2.65. The molecule has 26 heavy (non-hydrogen) atoms. The summed E-state index contributed by atoms with van der Waals surface area (Å²) >= 11 is 0. The summed E-state index contributed by atoms with van der Waals surface area (Å²) in [7, 11) is -3.47. The molecule has 1 N–H and O–H groups in total. The molecule has 1 aliphatic rings. The van der Waals surface area contributed by atoms with Crippen molar-refractivity contribution in [2.24, 2.45) is 0 Å². The van der Waals surface area contributed by atoms with E-state index < -0.39 is 10.0 Å². The van der Waals surface area contributed by atoms with Gasteiger partial charge in [0, 0.05) is 24.6 Å². The zero-order valence-corrected chi connectivity index (χ0v) is 16.1. The Bertz CT molecular complexity index is 920. The minimum atomic E-state index is -3.47. The minimum Gasteiger partial charge on any atom is -0.268 e. The second-order valence-electron chi connectivity index (χ2n) is 6.86. The van der Waals surface area contributed by atoms with Crippen molar-refractivity contribution in [3.8, 4) is 0 Å². The molecule has 1 aromatic carbocycles. The van der Waals surface area contributed by atoms with Gasteiger partial charge in [0.2, 0.25) is 10.0 Å². The summed E-state index contributed by atoms with van der Waals surface area (Å²) in [5.74, 6) is 0. The van der Waals surface area contributed by atoms with Crippen LogP contribution in [0.25, 0.3) is 0 Å². The van der Waals surface area contributed by atoms with Gasteiger partial charge in [-0.3, -0.25) is 4.79 Å². The van der Waals surface area contributed by atoms with Crippen LogP contribution >= 0.6 is 0 Å². The molecule has 1 aromatic heterocycles. The van der Waals surface area contributed by atoms with Crippen molar-refractivity contribution in [1.29, 1.82) is 0 Å². The standard InChI is InChI=1S/C19H25N3O3S/c1-3-17-6-4-5-11-22(17)26(24,25)18-9-7-15(8-10-18)13-16-12-14(2)20-21-19(16)23/h7-10,12,17H,3-6,11,13H2,1-2H3,(H,21,23). The lowest BCUT2D eigenvalue weighted by molar-refractivity contribution is 0.246. The first-order chi connectivity index (χ1) is 12.4. The molecule has 140 valence electrons. The molecule has 0 radical (unpaired) electrons. The summed E-state index contributed by atoms with van der Waals surface area (Å²) in [6.07, 6.45) is 4.21. The summed E-state index contributed by atoms with van der Waals surface area (Å²) in [5.41, 5.74) is 2.04. The first-order valence-corrected chi connectivity index (χ1v) is 10.5. The van der Waals surface area contributed by atoms with Gasteiger partial charge >= 0.3 is 0 Å². The molecule has 3 rings (SSSR count). The van der Waals surface area contributed by atoms with Crippen LogP contribution in [0.5, 0.6) is 0 Å². The highest BCUT2D eigenvalue weighted by atomic mass is 32.2. The van der Waals surface area contributed by atoms with Gasteiger partial charge in [-0.25, -0.2) is 13.5 Å². The molecule has 0 amide bonds. The number of aryl methyl sites for hydroxylation is 1. The topological polar surface area (TPSA) is 83.1 Å². The molecular weight excluding hydrogens is 350 g/mol. The molecule has 1 fully saturated rings. The molecule has 0 saturated carbocycles. The van der Waals surface area contributed by atoms with Crippen LogP contribution < -0.4 is 5.56 Å². The highest BCUT2D eigenvalue weighted by Crippen LogP contribution is 2.27. The van der Waals surface area contributed by atoms with Crippen molar-refractivity contribution < 1.29 is 8.42 Å². The van der Waals surface area contributed by atoms with E-state index in [2.05, 4.69) is 10.2 Å².